The zero-order chi connectivity index (χ0) is 18.2. The van der Waals surface area contributed by atoms with Gasteiger partial charge in [-0.05, 0) is 37.1 Å². The molecule has 0 radical (unpaired) electrons. The van der Waals surface area contributed by atoms with Crippen LogP contribution >= 0.6 is 0 Å². The Morgan fingerprint density at radius 1 is 0.840 bits per heavy atom. The molecule has 0 saturated carbocycles. The molecule has 0 bridgehead atoms. The van der Waals surface area contributed by atoms with Crippen LogP contribution in [0.1, 0.15) is 25.0 Å². The van der Waals surface area contributed by atoms with Crippen molar-refractivity contribution in [3.05, 3.63) is 71.3 Å². The Morgan fingerprint density at radius 2 is 1.40 bits per heavy atom. The van der Waals surface area contributed by atoms with Crippen LogP contribution in [0.25, 0.3) is 5.57 Å². The van der Waals surface area contributed by atoms with E-state index in [-0.39, 0.29) is 24.5 Å². The van der Waals surface area contributed by atoms with E-state index < -0.39 is 11.9 Å². The van der Waals surface area contributed by atoms with E-state index in [1.807, 2.05) is 6.07 Å². The topological polar surface area (TPSA) is 72.8 Å². The van der Waals surface area contributed by atoms with Crippen LogP contribution in [0.3, 0.4) is 0 Å². The normalized spacial score (nSPS) is 10.0. The Labute approximate surface area is 146 Å². The van der Waals surface area contributed by atoms with E-state index in [9.17, 15) is 14.7 Å². The second-order valence-electron chi connectivity index (χ2n) is 5.11. The average Bonchev–Trinajstić information content (AvgIpc) is 2.60. The summed E-state index contributed by atoms with van der Waals surface area (Å²) in [6, 6.07) is 15.3. The van der Waals surface area contributed by atoms with Crippen LogP contribution in [0, 0.1) is 0 Å². The second-order valence-corrected chi connectivity index (χ2v) is 5.11. The lowest BCUT2D eigenvalue weighted by atomic mass is 9.92. The summed E-state index contributed by atoms with van der Waals surface area (Å²) in [7, 11) is 0. The quantitative estimate of drug-likeness (QED) is 0.378. The van der Waals surface area contributed by atoms with Gasteiger partial charge in [-0.1, -0.05) is 42.5 Å². The Balaban J connectivity index is 2.77. The minimum absolute atomic E-state index is 0.0259. The molecule has 0 aliphatic carbocycles. The first kappa shape index (κ1) is 18.3. The summed E-state index contributed by atoms with van der Waals surface area (Å²) in [6.45, 7) is 3.59. The van der Waals surface area contributed by atoms with Crippen LogP contribution in [0.2, 0.25) is 0 Å². The first-order valence-corrected chi connectivity index (χ1v) is 8.01. The highest BCUT2D eigenvalue weighted by atomic mass is 16.6. The minimum atomic E-state index is -0.761. The van der Waals surface area contributed by atoms with Crippen molar-refractivity contribution < 1.29 is 24.2 Å². The first-order valence-electron chi connectivity index (χ1n) is 8.01. The molecule has 0 spiro atoms. The van der Waals surface area contributed by atoms with Crippen molar-refractivity contribution in [2.45, 2.75) is 13.8 Å². The highest BCUT2D eigenvalue weighted by Gasteiger charge is 2.27. The van der Waals surface area contributed by atoms with Crippen LogP contribution in [0.4, 0.5) is 0 Å². The standard InChI is InChI=1S/C20H20O5/c1-3-24-19(22)18(20(23)25-4-2)17(14-9-6-5-7-10-14)15-11-8-12-16(21)13-15/h5-13,21H,3-4H2,1-2H3. The van der Waals surface area contributed by atoms with E-state index >= 15 is 0 Å². The maximum atomic E-state index is 12.5. The van der Waals surface area contributed by atoms with Gasteiger partial charge in [0.25, 0.3) is 0 Å². The molecule has 0 atom stereocenters. The first-order chi connectivity index (χ1) is 12.1. The molecule has 0 heterocycles. The van der Waals surface area contributed by atoms with Crippen molar-refractivity contribution >= 4 is 17.5 Å². The summed E-state index contributed by atoms with van der Waals surface area (Å²) >= 11 is 0. The lowest BCUT2D eigenvalue weighted by Crippen LogP contribution is -2.20. The Morgan fingerprint density at radius 3 is 1.92 bits per heavy atom. The van der Waals surface area contributed by atoms with Crippen LogP contribution < -0.4 is 0 Å². The number of aromatic hydroxyl groups is 1. The molecular formula is C20H20O5. The molecule has 2 aromatic carbocycles. The molecule has 130 valence electrons. The van der Waals surface area contributed by atoms with Crippen LogP contribution in [0.15, 0.2) is 60.2 Å². The fraction of sp³-hybridized carbons (Fsp3) is 0.200. The molecule has 25 heavy (non-hydrogen) atoms. The van der Waals surface area contributed by atoms with Gasteiger partial charge in [0, 0.05) is 5.57 Å². The summed E-state index contributed by atoms with van der Waals surface area (Å²) in [5, 5.41) is 9.82. The number of phenols is 1. The van der Waals surface area contributed by atoms with Gasteiger partial charge in [0.15, 0.2) is 5.57 Å². The second kappa shape index (κ2) is 8.68. The average molecular weight is 340 g/mol. The van der Waals surface area contributed by atoms with Crippen molar-refractivity contribution in [1.29, 1.82) is 0 Å². The van der Waals surface area contributed by atoms with Gasteiger partial charge in [0.1, 0.15) is 5.75 Å². The van der Waals surface area contributed by atoms with Gasteiger partial charge >= 0.3 is 11.9 Å². The molecule has 2 rings (SSSR count). The molecule has 0 aromatic heterocycles. The molecule has 2 aromatic rings. The number of hydrogen-bond donors (Lipinski definition) is 1. The van der Waals surface area contributed by atoms with Crippen molar-refractivity contribution in [2.24, 2.45) is 0 Å². The number of phenolic OH excluding ortho intramolecular Hbond substituents is 1. The number of ether oxygens (including phenoxy) is 2. The number of esters is 2. The smallest absolute Gasteiger partial charge is 0.346 e. The van der Waals surface area contributed by atoms with Gasteiger partial charge < -0.3 is 14.6 Å². The SMILES string of the molecule is CCOC(=O)C(C(=O)OCC)=C(c1ccccc1)c1cccc(O)c1. The van der Waals surface area contributed by atoms with Crippen LogP contribution in [-0.4, -0.2) is 30.3 Å². The van der Waals surface area contributed by atoms with E-state index in [2.05, 4.69) is 0 Å². The molecule has 5 nitrogen and oxygen atoms in total. The molecule has 0 unspecified atom stereocenters. The van der Waals surface area contributed by atoms with E-state index in [1.165, 1.54) is 12.1 Å². The van der Waals surface area contributed by atoms with Crippen molar-refractivity contribution in [3.8, 4) is 5.75 Å². The Bertz CT molecular complexity index is 758. The van der Waals surface area contributed by atoms with E-state index in [1.54, 1.807) is 50.2 Å². The summed E-state index contributed by atoms with van der Waals surface area (Å²) in [5.74, 6) is -1.50. The lowest BCUT2D eigenvalue weighted by molar-refractivity contribution is -0.146. The predicted molar refractivity (Wildman–Crippen MR) is 93.8 cm³/mol. The summed E-state index contributed by atoms with van der Waals surface area (Å²) in [4.78, 5) is 25.0. The molecule has 0 aliphatic heterocycles. The fourth-order valence-corrected chi connectivity index (χ4v) is 2.42. The van der Waals surface area contributed by atoms with E-state index in [0.717, 1.165) is 0 Å². The summed E-state index contributed by atoms with van der Waals surface area (Å²) in [5.41, 5.74) is 1.32. The van der Waals surface area contributed by atoms with Gasteiger partial charge in [-0.15, -0.1) is 0 Å². The Kier molecular flexibility index (Phi) is 6.34. The van der Waals surface area contributed by atoms with Crippen LogP contribution in [-0.2, 0) is 19.1 Å². The van der Waals surface area contributed by atoms with Gasteiger partial charge in [0.2, 0.25) is 0 Å². The van der Waals surface area contributed by atoms with E-state index in [0.29, 0.717) is 16.7 Å². The molecular weight excluding hydrogens is 320 g/mol. The fourth-order valence-electron chi connectivity index (χ4n) is 2.42. The molecule has 0 aliphatic rings. The zero-order valence-electron chi connectivity index (χ0n) is 14.2. The van der Waals surface area contributed by atoms with E-state index in [4.69, 9.17) is 9.47 Å². The zero-order valence-corrected chi connectivity index (χ0v) is 14.2. The highest BCUT2D eigenvalue weighted by molar-refractivity contribution is 6.21. The molecule has 0 amide bonds. The third-order valence-corrected chi connectivity index (χ3v) is 3.41. The monoisotopic (exact) mass is 340 g/mol. The minimum Gasteiger partial charge on any atom is -0.508 e. The summed E-state index contributed by atoms with van der Waals surface area (Å²) < 4.78 is 10.1. The van der Waals surface area contributed by atoms with Crippen LogP contribution in [0.5, 0.6) is 5.75 Å². The molecule has 0 saturated heterocycles. The van der Waals surface area contributed by atoms with Gasteiger partial charge in [-0.25, -0.2) is 9.59 Å². The van der Waals surface area contributed by atoms with Gasteiger partial charge in [-0.3, -0.25) is 0 Å². The van der Waals surface area contributed by atoms with Gasteiger partial charge in [-0.2, -0.15) is 0 Å². The Hall–Kier alpha value is -3.08. The number of benzene rings is 2. The van der Waals surface area contributed by atoms with Crippen molar-refractivity contribution in [3.63, 3.8) is 0 Å². The molecule has 5 heteroatoms. The summed E-state index contributed by atoms with van der Waals surface area (Å²) in [6.07, 6.45) is 0. The van der Waals surface area contributed by atoms with Crippen molar-refractivity contribution in [2.75, 3.05) is 13.2 Å². The largest absolute Gasteiger partial charge is 0.508 e. The maximum absolute atomic E-state index is 12.5. The predicted octanol–water partition coefficient (Wildman–Crippen LogP) is 3.32. The number of carbonyl (C=O) groups is 2. The molecule has 0 fully saturated rings. The number of carbonyl (C=O) groups excluding carboxylic acids is 2. The lowest BCUT2D eigenvalue weighted by Gasteiger charge is -2.15. The number of rotatable bonds is 6. The number of hydrogen-bond acceptors (Lipinski definition) is 5. The highest BCUT2D eigenvalue weighted by Crippen LogP contribution is 2.30. The van der Waals surface area contributed by atoms with Gasteiger partial charge in [0.05, 0.1) is 13.2 Å². The third kappa shape index (κ3) is 4.47. The van der Waals surface area contributed by atoms with Crippen molar-refractivity contribution in [1.82, 2.24) is 0 Å². The maximum Gasteiger partial charge on any atom is 0.346 e. The third-order valence-electron chi connectivity index (χ3n) is 3.41. The molecule has 1 N–H and O–H groups in total.